The Labute approximate surface area is 150 Å². The molecule has 0 saturated heterocycles. The predicted octanol–water partition coefficient (Wildman–Crippen LogP) is 5.61. The lowest BCUT2D eigenvalue weighted by molar-refractivity contribution is -0.314. The van der Waals surface area contributed by atoms with Crippen LogP contribution in [0.3, 0.4) is 0 Å². The molecule has 144 valence electrons. The average molecular weight is 388 g/mol. The highest BCUT2D eigenvalue weighted by Gasteiger charge is 2.72. The minimum atomic E-state index is -5.95. The van der Waals surface area contributed by atoms with Crippen molar-refractivity contribution in [1.29, 1.82) is 0 Å². The van der Waals surface area contributed by atoms with Gasteiger partial charge in [-0.1, -0.05) is 48.5 Å². The lowest BCUT2D eigenvalue weighted by atomic mass is 9.83. The number of hydrogen-bond donors (Lipinski definition) is 0. The van der Waals surface area contributed by atoms with Gasteiger partial charge < -0.3 is 0 Å². The molecule has 0 radical (unpaired) electrons. The van der Waals surface area contributed by atoms with Crippen molar-refractivity contribution in [2.75, 3.05) is 0 Å². The van der Waals surface area contributed by atoms with Crippen molar-refractivity contribution < 1.29 is 35.9 Å². The number of carbonyl (C=O) groups is 2. The van der Waals surface area contributed by atoms with Gasteiger partial charge in [0, 0.05) is 22.3 Å². The minimum Gasteiger partial charge on any atom is -0.295 e. The maximum absolute atomic E-state index is 15.1. The van der Waals surface area contributed by atoms with Crippen LogP contribution >= 0.6 is 0 Å². The van der Waals surface area contributed by atoms with E-state index in [1.54, 1.807) is 0 Å². The van der Waals surface area contributed by atoms with Gasteiger partial charge in [0.1, 0.15) is 0 Å². The number of carbonyl (C=O) groups excluding carboxylic acids is 2. The van der Waals surface area contributed by atoms with Crippen molar-refractivity contribution in [3.8, 4) is 0 Å². The SMILES string of the molecule is CC(=O)c1ccc(C(F)(F)C(F)(c2ccc(C(C)=O)cc2)C(F)(F)F)cc1. The highest BCUT2D eigenvalue weighted by atomic mass is 19.4. The van der Waals surface area contributed by atoms with Crippen LogP contribution in [0.25, 0.3) is 0 Å². The number of rotatable bonds is 5. The third-order valence-corrected chi connectivity index (χ3v) is 4.17. The van der Waals surface area contributed by atoms with Crippen molar-refractivity contribution in [3.63, 3.8) is 0 Å². The van der Waals surface area contributed by atoms with Crippen LogP contribution in [0.5, 0.6) is 0 Å². The zero-order valence-corrected chi connectivity index (χ0v) is 14.2. The maximum atomic E-state index is 15.1. The smallest absolute Gasteiger partial charge is 0.295 e. The molecule has 0 amide bonds. The summed E-state index contributed by atoms with van der Waals surface area (Å²) < 4.78 is 84.9. The monoisotopic (exact) mass is 388 g/mol. The Hall–Kier alpha value is -2.64. The van der Waals surface area contributed by atoms with Gasteiger partial charge in [-0.2, -0.15) is 22.0 Å². The molecule has 2 nitrogen and oxygen atoms in total. The fourth-order valence-corrected chi connectivity index (χ4v) is 2.57. The third-order valence-electron chi connectivity index (χ3n) is 4.17. The van der Waals surface area contributed by atoms with Gasteiger partial charge in [-0.05, 0) is 13.8 Å². The van der Waals surface area contributed by atoms with Crippen LogP contribution in [0.15, 0.2) is 48.5 Å². The molecule has 1 unspecified atom stereocenters. The highest BCUT2D eigenvalue weighted by molar-refractivity contribution is 5.94. The molecule has 2 rings (SSSR count). The molecule has 0 spiro atoms. The maximum Gasteiger partial charge on any atom is 0.433 e. The Kier molecular flexibility index (Phi) is 5.23. The van der Waals surface area contributed by atoms with Gasteiger partial charge in [0.2, 0.25) is 0 Å². The van der Waals surface area contributed by atoms with Crippen LogP contribution in [-0.2, 0) is 11.6 Å². The minimum absolute atomic E-state index is 0.00294. The van der Waals surface area contributed by atoms with Crippen LogP contribution in [0.4, 0.5) is 26.3 Å². The summed E-state index contributed by atoms with van der Waals surface area (Å²) in [5.74, 6) is -5.98. The summed E-state index contributed by atoms with van der Waals surface area (Å²) in [6.07, 6.45) is -5.95. The summed E-state index contributed by atoms with van der Waals surface area (Å²) in [5, 5.41) is 0. The standard InChI is InChI=1S/C19H14F6O2/c1-11(26)13-3-7-15(8-4-13)17(20,19(23,24)25)18(21,22)16-9-5-14(6-10-16)12(2)27/h3-10H,1-2H3. The molecule has 2 aromatic rings. The Morgan fingerprint density at radius 1 is 0.630 bits per heavy atom. The van der Waals surface area contributed by atoms with Crippen molar-refractivity contribution in [3.05, 3.63) is 70.8 Å². The van der Waals surface area contributed by atoms with Crippen LogP contribution in [0.2, 0.25) is 0 Å². The van der Waals surface area contributed by atoms with Gasteiger partial charge in [-0.15, -0.1) is 0 Å². The van der Waals surface area contributed by atoms with Gasteiger partial charge in [0.15, 0.2) is 11.6 Å². The number of halogens is 6. The molecule has 0 aliphatic heterocycles. The normalized spacial score (nSPS) is 14.5. The summed E-state index contributed by atoms with van der Waals surface area (Å²) >= 11 is 0. The van der Waals surface area contributed by atoms with Gasteiger partial charge in [-0.3, -0.25) is 9.59 Å². The first kappa shape index (κ1) is 20.7. The molecule has 8 heteroatoms. The molecule has 0 saturated carbocycles. The number of ketones is 2. The molecule has 2 aromatic carbocycles. The van der Waals surface area contributed by atoms with Crippen molar-refractivity contribution >= 4 is 11.6 Å². The van der Waals surface area contributed by atoms with E-state index in [4.69, 9.17) is 0 Å². The summed E-state index contributed by atoms with van der Waals surface area (Å²) in [6, 6.07) is 5.72. The highest BCUT2D eigenvalue weighted by Crippen LogP contribution is 2.57. The molecule has 0 aliphatic carbocycles. The summed E-state index contributed by atoms with van der Waals surface area (Å²) in [7, 11) is 0. The number of alkyl halides is 6. The van der Waals surface area contributed by atoms with Gasteiger partial charge in [0.05, 0.1) is 0 Å². The van der Waals surface area contributed by atoms with Gasteiger partial charge in [0.25, 0.3) is 5.67 Å². The topological polar surface area (TPSA) is 34.1 Å². The van der Waals surface area contributed by atoms with Crippen molar-refractivity contribution in [2.24, 2.45) is 0 Å². The predicted molar refractivity (Wildman–Crippen MR) is 85.6 cm³/mol. The molecule has 0 N–H and O–H groups in total. The molecule has 0 aliphatic rings. The summed E-state index contributed by atoms with van der Waals surface area (Å²) in [5.41, 5.74) is -7.65. The second-order valence-corrected chi connectivity index (χ2v) is 6.00. The summed E-state index contributed by atoms with van der Waals surface area (Å²) in [4.78, 5) is 22.4. The Morgan fingerprint density at radius 3 is 1.26 bits per heavy atom. The second-order valence-electron chi connectivity index (χ2n) is 6.00. The second kappa shape index (κ2) is 6.83. The number of Topliss-reactive ketones (excluding diaryl/α,β-unsaturated/α-hetero) is 2. The van der Waals surface area contributed by atoms with E-state index in [-0.39, 0.29) is 11.1 Å². The molecular weight excluding hydrogens is 374 g/mol. The molecule has 0 fully saturated rings. The quantitative estimate of drug-likeness (QED) is 0.493. The van der Waals surface area contributed by atoms with Gasteiger partial charge in [-0.25, -0.2) is 4.39 Å². The van der Waals surface area contributed by atoms with E-state index in [1.165, 1.54) is 0 Å². The Balaban J connectivity index is 2.63. The van der Waals surface area contributed by atoms with E-state index in [0.29, 0.717) is 24.3 Å². The molecule has 0 bridgehead atoms. The molecule has 27 heavy (non-hydrogen) atoms. The van der Waals surface area contributed by atoms with Crippen LogP contribution in [0, 0.1) is 0 Å². The Bertz CT molecular complexity index is 853. The lowest BCUT2D eigenvalue weighted by Gasteiger charge is -2.35. The molecule has 1 atom stereocenters. The largest absolute Gasteiger partial charge is 0.433 e. The van der Waals surface area contributed by atoms with Gasteiger partial charge >= 0.3 is 12.1 Å². The fraction of sp³-hybridized carbons (Fsp3) is 0.263. The van der Waals surface area contributed by atoms with Crippen LogP contribution in [0.1, 0.15) is 45.7 Å². The zero-order chi connectivity index (χ0) is 20.6. The third kappa shape index (κ3) is 3.48. The Morgan fingerprint density at radius 2 is 0.963 bits per heavy atom. The van der Waals surface area contributed by atoms with Crippen molar-refractivity contribution in [1.82, 2.24) is 0 Å². The van der Waals surface area contributed by atoms with E-state index >= 15 is 4.39 Å². The number of benzene rings is 2. The van der Waals surface area contributed by atoms with E-state index in [1.807, 2.05) is 0 Å². The van der Waals surface area contributed by atoms with Crippen LogP contribution < -0.4 is 0 Å². The fourth-order valence-electron chi connectivity index (χ4n) is 2.57. The first-order valence-electron chi connectivity index (χ1n) is 7.68. The lowest BCUT2D eigenvalue weighted by Crippen LogP contribution is -2.51. The zero-order valence-electron chi connectivity index (χ0n) is 14.2. The van der Waals surface area contributed by atoms with E-state index in [9.17, 15) is 31.5 Å². The molecular formula is C19H14F6O2. The molecule has 0 aromatic heterocycles. The molecule has 0 heterocycles. The first-order valence-corrected chi connectivity index (χ1v) is 7.68. The van der Waals surface area contributed by atoms with E-state index in [2.05, 4.69) is 0 Å². The van der Waals surface area contributed by atoms with Crippen LogP contribution in [-0.4, -0.2) is 17.7 Å². The summed E-state index contributed by atoms with van der Waals surface area (Å²) in [6.45, 7) is 2.28. The first-order chi connectivity index (χ1) is 12.3. The average Bonchev–Trinajstić information content (AvgIpc) is 2.60. The number of hydrogen-bond acceptors (Lipinski definition) is 2. The van der Waals surface area contributed by atoms with E-state index < -0.39 is 40.5 Å². The van der Waals surface area contributed by atoms with Crippen molar-refractivity contribution in [2.45, 2.75) is 31.6 Å². The van der Waals surface area contributed by atoms with E-state index in [0.717, 1.165) is 38.1 Å².